The molecule has 3 heteroatoms. The van der Waals surface area contributed by atoms with Crippen LogP contribution in [0.1, 0.15) is 5.56 Å². The average molecular weight is 242 g/mol. The van der Waals surface area contributed by atoms with E-state index in [1.54, 1.807) is 0 Å². The molecule has 0 aliphatic rings. The molecule has 17 heavy (non-hydrogen) atoms. The second-order valence-corrected chi connectivity index (χ2v) is 4.07. The lowest BCUT2D eigenvalue weighted by Crippen LogP contribution is -2.27. The highest BCUT2D eigenvalue weighted by Gasteiger charge is 1.96. The van der Waals surface area contributed by atoms with E-state index >= 15 is 0 Å². The summed E-state index contributed by atoms with van der Waals surface area (Å²) in [6, 6.07) is 20.1. The molecule has 0 saturated heterocycles. The Kier molecular flexibility index (Phi) is 4.11. The Bertz CT molecular complexity index is 468. The van der Waals surface area contributed by atoms with Crippen molar-refractivity contribution in [3.63, 3.8) is 0 Å². The van der Waals surface area contributed by atoms with Gasteiger partial charge in [-0.25, -0.2) is 0 Å². The quantitative estimate of drug-likeness (QED) is 0.808. The van der Waals surface area contributed by atoms with E-state index in [1.165, 1.54) is 5.56 Å². The van der Waals surface area contributed by atoms with E-state index in [4.69, 9.17) is 12.2 Å². The van der Waals surface area contributed by atoms with Crippen LogP contribution in [0, 0.1) is 0 Å². The highest BCUT2D eigenvalue weighted by molar-refractivity contribution is 7.80. The van der Waals surface area contributed by atoms with Gasteiger partial charge in [-0.15, -0.1) is 0 Å². The number of benzene rings is 2. The fraction of sp³-hybridized carbons (Fsp3) is 0.0714. The molecule has 0 heterocycles. The van der Waals surface area contributed by atoms with E-state index < -0.39 is 0 Å². The molecule has 0 saturated carbocycles. The van der Waals surface area contributed by atoms with Gasteiger partial charge in [0.25, 0.3) is 0 Å². The van der Waals surface area contributed by atoms with Crippen LogP contribution >= 0.6 is 12.2 Å². The van der Waals surface area contributed by atoms with Crippen LogP contribution < -0.4 is 10.6 Å². The van der Waals surface area contributed by atoms with Crippen LogP contribution in [0.3, 0.4) is 0 Å². The molecule has 2 aromatic rings. The van der Waals surface area contributed by atoms with Gasteiger partial charge in [-0.3, -0.25) is 0 Å². The Morgan fingerprint density at radius 2 is 1.47 bits per heavy atom. The summed E-state index contributed by atoms with van der Waals surface area (Å²) in [6.45, 7) is 0.736. The predicted molar refractivity (Wildman–Crippen MR) is 75.9 cm³/mol. The highest BCUT2D eigenvalue weighted by Crippen LogP contribution is 2.04. The summed E-state index contributed by atoms with van der Waals surface area (Å²) in [5, 5.41) is 6.94. The normalized spacial score (nSPS) is 9.65. The van der Waals surface area contributed by atoms with E-state index in [9.17, 15) is 0 Å². The molecule has 0 spiro atoms. The Labute approximate surface area is 107 Å². The van der Waals surface area contributed by atoms with Crippen molar-refractivity contribution < 1.29 is 0 Å². The number of rotatable bonds is 3. The number of hydrogen-bond donors (Lipinski definition) is 2. The molecule has 0 bridgehead atoms. The van der Waals surface area contributed by atoms with Crippen molar-refractivity contribution in [3.05, 3.63) is 66.2 Å². The van der Waals surface area contributed by atoms with E-state index in [2.05, 4.69) is 22.8 Å². The third kappa shape index (κ3) is 3.89. The van der Waals surface area contributed by atoms with Gasteiger partial charge in [0, 0.05) is 12.2 Å². The topological polar surface area (TPSA) is 24.1 Å². The lowest BCUT2D eigenvalue weighted by molar-refractivity contribution is 0.926. The van der Waals surface area contributed by atoms with Crippen LogP contribution in [0.4, 0.5) is 5.69 Å². The molecule has 0 aliphatic carbocycles. The largest absolute Gasteiger partial charge is 0.358 e. The molecule has 0 aromatic heterocycles. The van der Waals surface area contributed by atoms with E-state index in [0.717, 1.165) is 12.2 Å². The molecular formula is C14H14N2S. The van der Waals surface area contributed by atoms with Crippen molar-refractivity contribution in [3.8, 4) is 0 Å². The number of nitrogens with one attached hydrogen (secondary N) is 2. The van der Waals surface area contributed by atoms with Crippen molar-refractivity contribution in [1.82, 2.24) is 5.32 Å². The Morgan fingerprint density at radius 1 is 0.882 bits per heavy atom. The standard InChI is InChI=1S/C14H14N2S/c17-14(16-13-9-5-2-6-10-13)15-11-12-7-3-1-4-8-12/h1-10H,11H2,(H2,15,16,17). The van der Waals surface area contributed by atoms with E-state index in [-0.39, 0.29) is 0 Å². The Balaban J connectivity index is 1.83. The Morgan fingerprint density at radius 3 is 2.12 bits per heavy atom. The zero-order valence-electron chi connectivity index (χ0n) is 9.39. The SMILES string of the molecule is S=C(NCc1ccccc1)Nc1ccccc1. The summed E-state index contributed by atoms with van der Waals surface area (Å²) in [5.74, 6) is 0. The number of hydrogen-bond acceptors (Lipinski definition) is 1. The molecule has 0 amide bonds. The number of anilines is 1. The molecule has 0 fully saturated rings. The summed E-state index contributed by atoms with van der Waals surface area (Å²) < 4.78 is 0. The zero-order chi connectivity index (χ0) is 11.9. The molecule has 0 radical (unpaired) electrons. The molecule has 2 nitrogen and oxygen atoms in total. The van der Waals surface area contributed by atoms with E-state index in [0.29, 0.717) is 5.11 Å². The van der Waals surface area contributed by atoms with Gasteiger partial charge in [-0.2, -0.15) is 0 Å². The fourth-order valence-corrected chi connectivity index (χ4v) is 1.66. The minimum atomic E-state index is 0.639. The molecule has 2 aromatic carbocycles. The third-order valence-electron chi connectivity index (χ3n) is 2.33. The number of para-hydroxylation sites is 1. The monoisotopic (exact) mass is 242 g/mol. The Hall–Kier alpha value is -1.87. The predicted octanol–water partition coefficient (Wildman–Crippen LogP) is 3.17. The van der Waals surface area contributed by atoms with Gasteiger partial charge in [0.2, 0.25) is 0 Å². The molecule has 86 valence electrons. The van der Waals surface area contributed by atoms with Crippen LogP contribution in [0.15, 0.2) is 60.7 Å². The molecule has 0 atom stereocenters. The van der Waals surface area contributed by atoms with Crippen molar-refractivity contribution in [2.45, 2.75) is 6.54 Å². The van der Waals surface area contributed by atoms with Gasteiger partial charge in [0.1, 0.15) is 0 Å². The minimum absolute atomic E-state index is 0.639. The first kappa shape index (κ1) is 11.6. The first-order valence-electron chi connectivity index (χ1n) is 5.48. The van der Waals surface area contributed by atoms with Crippen molar-refractivity contribution in [2.24, 2.45) is 0 Å². The van der Waals surface area contributed by atoms with Gasteiger partial charge in [-0.1, -0.05) is 48.5 Å². The van der Waals surface area contributed by atoms with Crippen LogP contribution in [-0.2, 0) is 6.54 Å². The van der Waals surface area contributed by atoms with Crippen LogP contribution in [0.2, 0.25) is 0 Å². The number of thiocarbonyl (C=S) groups is 1. The molecule has 0 unspecified atom stereocenters. The summed E-state index contributed by atoms with van der Waals surface area (Å²) in [6.07, 6.45) is 0. The van der Waals surface area contributed by atoms with Crippen molar-refractivity contribution >= 4 is 23.0 Å². The molecule has 2 rings (SSSR count). The van der Waals surface area contributed by atoms with Gasteiger partial charge in [0.05, 0.1) is 0 Å². The van der Waals surface area contributed by atoms with Crippen LogP contribution in [-0.4, -0.2) is 5.11 Å². The average Bonchev–Trinajstić information content (AvgIpc) is 2.39. The lowest BCUT2D eigenvalue weighted by atomic mass is 10.2. The van der Waals surface area contributed by atoms with Gasteiger partial charge in [0.15, 0.2) is 5.11 Å². The van der Waals surface area contributed by atoms with Crippen molar-refractivity contribution in [1.29, 1.82) is 0 Å². The molecule has 0 aliphatic heterocycles. The summed E-state index contributed by atoms with van der Waals surface area (Å²) in [4.78, 5) is 0. The second-order valence-electron chi connectivity index (χ2n) is 3.66. The molecular weight excluding hydrogens is 228 g/mol. The maximum Gasteiger partial charge on any atom is 0.171 e. The smallest absolute Gasteiger partial charge is 0.171 e. The van der Waals surface area contributed by atoms with Gasteiger partial charge >= 0.3 is 0 Å². The van der Waals surface area contributed by atoms with Crippen LogP contribution in [0.25, 0.3) is 0 Å². The lowest BCUT2D eigenvalue weighted by Gasteiger charge is -2.10. The van der Waals surface area contributed by atoms with E-state index in [1.807, 2.05) is 48.5 Å². The third-order valence-corrected chi connectivity index (χ3v) is 2.57. The van der Waals surface area contributed by atoms with Gasteiger partial charge < -0.3 is 10.6 Å². The van der Waals surface area contributed by atoms with Gasteiger partial charge in [-0.05, 0) is 29.9 Å². The zero-order valence-corrected chi connectivity index (χ0v) is 10.2. The first-order chi connectivity index (χ1) is 8.34. The summed E-state index contributed by atoms with van der Waals surface area (Å²) >= 11 is 5.21. The maximum atomic E-state index is 5.21. The second kappa shape index (κ2) is 6.01. The minimum Gasteiger partial charge on any atom is -0.358 e. The highest BCUT2D eigenvalue weighted by atomic mass is 32.1. The first-order valence-corrected chi connectivity index (χ1v) is 5.89. The maximum absolute atomic E-state index is 5.21. The summed E-state index contributed by atoms with van der Waals surface area (Å²) in [7, 11) is 0. The van der Waals surface area contributed by atoms with Crippen LogP contribution in [0.5, 0.6) is 0 Å². The fourth-order valence-electron chi connectivity index (χ4n) is 1.47. The molecule has 2 N–H and O–H groups in total. The van der Waals surface area contributed by atoms with Crippen molar-refractivity contribution in [2.75, 3.05) is 5.32 Å². The summed E-state index contributed by atoms with van der Waals surface area (Å²) in [5.41, 5.74) is 2.21.